The summed E-state index contributed by atoms with van der Waals surface area (Å²) >= 11 is 1.68. The van der Waals surface area contributed by atoms with Crippen LogP contribution in [0.3, 0.4) is 0 Å². The van der Waals surface area contributed by atoms with Crippen molar-refractivity contribution in [2.75, 3.05) is 13.2 Å². The number of rotatable bonds is 8. The van der Waals surface area contributed by atoms with Gasteiger partial charge in [0.15, 0.2) is 0 Å². The van der Waals surface area contributed by atoms with Gasteiger partial charge in [-0.1, -0.05) is 13.3 Å². The van der Waals surface area contributed by atoms with E-state index in [-0.39, 0.29) is 0 Å². The molecule has 1 aromatic rings. The number of nitrogens with one attached hydrogen (secondary N) is 1. The largest absolute Gasteiger partial charge is 0.396 e. The quantitative estimate of drug-likeness (QED) is 0.715. The Morgan fingerprint density at radius 1 is 1.53 bits per heavy atom. The number of aliphatic hydroxyl groups excluding tert-OH is 1. The number of thiazole rings is 1. The second-order valence-electron chi connectivity index (χ2n) is 3.77. The summed E-state index contributed by atoms with van der Waals surface area (Å²) in [5.41, 5.74) is 1.86. The molecular formula is C11H20N2OS. The maximum atomic E-state index is 8.91. The zero-order chi connectivity index (χ0) is 10.9. The lowest BCUT2D eigenvalue weighted by Crippen LogP contribution is -2.22. The molecule has 0 aliphatic rings. The summed E-state index contributed by atoms with van der Waals surface area (Å²) in [6.07, 6.45) is 5.19. The van der Waals surface area contributed by atoms with Crippen LogP contribution < -0.4 is 5.32 Å². The van der Waals surface area contributed by atoms with E-state index in [1.165, 1.54) is 17.7 Å². The smallest absolute Gasteiger partial charge is 0.0794 e. The number of nitrogens with zero attached hydrogens (tertiary/aromatic N) is 1. The topological polar surface area (TPSA) is 45.1 Å². The Balaban J connectivity index is 2.15. The van der Waals surface area contributed by atoms with Crippen LogP contribution in [0.25, 0.3) is 0 Å². The van der Waals surface area contributed by atoms with Gasteiger partial charge in [0.1, 0.15) is 0 Å². The van der Waals surface area contributed by atoms with Crippen LogP contribution in [0, 0.1) is 5.92 Å². The monoisotopic (exact) mass is 228 g/mol. The van der Waals surface area contributed by atoms with Crippen molar-refractivity contribution in [3.63, 3.8) is 0 Å². The zero-order valence-electron chi connectivity index (χ0n) is 9.28. The van der Waals surface area contributed by atoms with E-state index in [1.54, 1.807) is 11.3 Å². The molecule has 3 nitrogen and oxygen atoms in total. The van der Waals surface area contributed by atoms with Gasteiger partial charge in [0.05, 0.1) is 5.51 Å². The molecule has 1 atom stereocenters. The summed E-state index contributed by atoms with van der Waals surface area (Å²) in [6.45, 7) is 4.38. The molecule has 1 aromatic heterocycles. The molecule has 0 radical (unpaired) electrons. The molecule has 0 amide bonds. The summed E-state index contributed by atoms with van der Waals surface area (Å²) < 4.78 is 0. The molecule has 15 heavy (non-hydrogen) atoms. The fourth-order valence-electron chi connectivity index (χ4n) is 1.67. The van der Waals surface area contributed by atoms with Crippen LogP contribution in [0.15, 0.2) is 11.7 Å². The van der Waals surface area contributed by atoms with Crippen molar-refractivity contribution in [3.8, 4) is 0 Å². The van der Waals surface area contributed by atoms with Gasteiger partial charge in [0.25, 0.3) is 0 Å². The third kappa shape index (κ3) is 5.25. The number of hydrogen-bond donors (Lipinski definition) is 2. The first-order valence-corrected chi connectivity index (χ1v) is 6.43. The highest BCUT2D eigenvalue weighted by molar-refractivity contribution is 7.09. The molecule has 0 fully saturated rings. The summed E-state index contributed by atoms with van der Waals surface area (Å²) in [4.78, 5) is 5.30. The Morgan fingerprint density at radius 2 is 2.40 bits per heavy atom. The van der Waals surface area contributed by atoms with Crippen molar-refractivity contribution in [1.82, 2.24) is 10.3 Å². The van der Waals surface area contributed by atoms with Gasteiger partial charge in [0.2, 0.25) is 0 Å². The molecule has 0 aliphatic carbocycles. The Bertz CT molecular complexity index is 233. The molecule has 0 spiro atoms. The van der Waals surface area contributed by atoms with E-state index >= 15 is 0 Å². The van der Waals surface area contributed by atoms with Crippen LogP contribution in [-0.4, -0.2) is 23.2 Å². The van der Waals surface area contributed by atoms with Crippen molar-refractivity contribution in [2.45, 2.75) is 32.7 Å². The molecule has 86 valence electrons. The van der Waals surface area contributed by atoms with E-state index in [9.17, 15) is 0 Å². The molecule has 1 heterocycles. The predicted octanol–water partition coefficient (Wildman–Crippen LogP) is 2.03. The Kier molecular flexibility index (Phi) is 6.55. The van der Waals surface area contributed by atoms with Crippen LogP contribution in [-0.2, 0) is 6.54 Å². The highest BCUT2D eigenvalue weighted by Gasteiger charge is 2.06. The first-order valence-electron chi connectivity index (χ1n) is 5.55. The lowest BCUT2D eigenvalue weighted by atomic mass is 10.0. The maximum absolute atomic E-state index is 8.91. The lowest BCUT2D eigenvalue weighted by Gasteiger charge is -2.15. The van der Waals surface area contributed by atoms with E-state index in [0.29, 0.717) is 12.5 Å². The van der Waals surface area contributed by atoms with Gasteiger partial charge in [-0.3, -0.25) is 4.98 Å². The minimum Gasteiger partial charge on any atom is -0.396 e. The van der Waals surface area contributed by atoms with Gasteiger partial charge in [-0.15, -0.1) is 11.3 Å². The average Bonchev–Trinajstić information content (AvgIpc) is 2.71. The molecular weight excluding hydrogens is 208 g/mol. The third-order valence-electron chi connectivity index (χ3n) is 2.45. The normalized spacial score (nSPS) is 12.9. The van der Waals surface area contributed by atoms with Crippen molar-refractivity contribution in [2.24, 2.45) is 5.92 Å². The molecule has 1 rings (SSSR count). The molecule has 4 heteroatoms. The molecule has 2 N–H and O–H groups in total. The van der Waals surface area contributed by atoms with Gasteiger partial charge in [-0.25, -0.2) is 0 Å². The summed E-state index contributed by atoms with van der Waals surface area (Å²) in [6, 6.07) is 0. The Labute approximate surface area is 95.6 Å². The van der Waals surface area contributed by atoms with Crippen LogP contribution in [0.1, 0.15) is 31.1 Å². The first kappa shape index (κ1) is 12.6. The van der Waals surface area contributed by atoms with Crippen LogP contribution >= 0.6 is 11.3 Å². The van der Waals surface area contributed by atoms with E-state index < -0.39 is 0 Å². The maximum Gasteiger partial charge on any atom is 0.0794 e. The minimum absolute atomic E-state index is 0.299. The Morgan fingerprint density at radius 3 is 3.00 bits per heavy atom. The van der Waals surface area contributed by atoms with E-state index in [0.717, 1.165) is 19.5 Å². The van der Waals surface area contributed by atoms with Gasteiger partial charge in [-0.05, 0) is 25.3 Å². The number of aromatic nitrogens is 1. The fourth-order valence-corrected chi connectivity index (χ4v) is 2.23. The third-order valence-corrected chi connectivity index (χ3v) is 3.23. The van der Waals surface area contributed by atoms with Gasteiger partial charge >= 0.3 is 0 Å². The lowest BCUT2D eigenvalue weighted by molar-refractivity contribution is 0.248. The van der Waals surface area contributed by atoms with E-state index in [2.05, 4.69) is 17.2 Å². The highest BCUT2D eigenvalue weighted by Crippen LogP contribution is 2.10. The molecule has 0 bridgehead atoms. The van der Waals surface area contributed by atoms with Crippen LogP contribution in [0.5, 0.6) is 0 Å². The number of hydrogen-bond acceptors (Lipinski definition) is 4. The predicted molar refractivity (Wildman–Crippen MR) is 63.9 cm³/mol. The molecule has 0 aromatic carbocycles. The molecule has 0 saturated heterocycles. The standard InChI is InChI=1S/C11H20N2OS/c1-2-3-10(4-5-14)6-12-7-11-8-13-9-15-11/h8-10,12,14H,2-7H2,1H3. The van der Waals surface area contributed by atoms with Crippen molar-refractivity contribution in [3.05, 3.63) is 16.6 Å². The SMILES string of the molecule is CCCC(CCO)CNCc1cncs1. The summed E-state index contributed by atoms with van der Waals surface area (Å²) in [5, 5.41) is 12.3. The number of aliphatic hydroxyl groups is 1. The highest BCUT2D eigenvalue weighted by atomic mass is 32.1. The molecule has 1 unspecified atom stereocenters. The average molecular weight is 228 g/mol. The van der Waals surface area contributed by atoms with Crippen LogP contribution in [0.2, 0.25) is 0 Å². The van der Waals surface area contributed by atoms with Crippen LogP contribution in [0.4, 0.5) is 0 Å². The Hall–Kier alpha value is -0.450. The fraction of sp³-hybridized carbons (Fsp3) is 0.727. The first-order chi connectivity index (χ1) is 7.36. The van der Waals surface area contributed by atoms with Gasteiger partial charge < -0.3 is 10.4 Å². The summed E-state index contributed by atoms with van der Waals surface area (Å²) in [5.74, 6) is 0.605. The van der Waals surface area contributed by atoms with Crippen molar-refractivity contribution < 1.29 is 5.11 Å². The summed E-state index contributed by atoms with van der Waals surface area (Å²) in [7, 11) is 0. The van der Waals surface area contributed by atoms with Gasteiger partial charge in [-0.2, -0.15) is 0 Å². The zero-order valence-corrected chi connectivity index (χ0v) is 10.1. The second kappa shape index (κ2) is 7.79. The second-order valence-corrected chi connectivity index (χ2v) is 4.74. The molecule has 0 saturated carbocycles. The van der Waals surface area contributed by atoms with E-state index in [4.69, 9.17) is 5.11 Å². The van der Waals surface area contributed by atoms with Crippen molar-refractivity contribution in [1.29, 1.82) is 0 Å². The molecule has 0 aliphatic heterocycles. The van der Waals surface area contributed by atoms with E-state index in [1.807, 2.05) is 11.7 Å². The van der Waals surface area contributed by atoms with Crippen molar-refractivity contribution >= 4 is 11.3 Å². The van der Waals surface area contributed by atoms with Gasteiger partial charge in [0, 0.05) is 24.2 Å². The minimum atomic E-state index is 0.299.